The van der Waals surface area contributed by atoms with E-state index in [9.17, 15) is 10.1 Å². The third-order valence-corrected chi connectivity index (χ3v) is 2.36. The minimum Gasteiger partial charge on any atom is -0.259 e. The van der Waals surface area contributed by atoms with Gasteiger partial charge >= 0.3 is 0 Å². The molecule has 0 spiro atoms. The number of hydrogen-bond acceptors (Lipinski definition) is 2. The van der Waals surface area contributed by atoms with E-state index < -0.39 is 0 Å². The molecule has 0 atom stereocenters. The van der Waals surface area contributed by atoms with Gasteiger partial charge in [-0.05, 0) is 24.8 Å². The number of nitro groups is 1. The summed E-state index contributed by atoms with van der Waals surface area (Å²) in [5.41, 5.74) is 0.389. The van der Waals surface area contributed by atoms with Crippen LogP contribution in [0.5, 0.6) is 0 Å². The van der Waals surface area contributed by atoms with Gasteiger partial charge in [0.05, 0.1) is 4.92 Å². The molecule has 3 nitrogen and oxygen atoms in total. The van der Waals surface area contributed by atoms with E-state index in [0.29, 0.717) is 11.6 Å². The molecule has 0 unspecified atom stereocenters. The van der Waals surface area contributed by atoms with Gasteiger partial charge in [-0.1, -0.05) is 20.3 Å². The molecule has 68 valence electrons. The molecule has 3 heteroatoms. The molecule has 0 bridgehead atoms. The van der Waals surface area contributed by atoms with Gasteiger partial charge in [-0.15, -0.1) is 0 Å². The van der Waals surface area contributed by atoms with E-state index in [2.05, 4.69) is 0 Å². The molecular formula is C9H15NO2. The van der Waals surface area contributed by atoms with E-state index in [4.69, 9.17) is 0 Å². The Morgan fingerprint density at radius 3 is 2.42 bits per heavy atom. The van der Waals surface area contributed by atoms with Gasteiger partial charge in [-0.25, -0.2) is 0 Å². The van der Waals surface area contributed by atoms with Crippen LogP contribution in [0.25, 0.3) is 0 Å². The van der Waals surface area contributed by atoms with Crippen molar-refractivity contribution in [3.05, 3.63) is 21.9 Å². The second-order valence-corrected chi connectivity index (χ2v) is 3.69. The Hall–Kier alpha value is -0.860. The zero-order chi connectivity index (χ0) is 9.14. The van der Waals surface area contributed by atoms with Crippen molar-refractivity contribution in [1.82, 2.24) is 0 Å². The first-order chi connectivity index (χ1) is 5.61. The van der Waals surface area contributed by atoms with Gasteiger partial charge in [0, 0.05) is 5.92 Å². The Morgan fingerprint density at radius 1 is 1.58 bits per heavy atom. The van der Waals surface area contributed by atoms with Gasteiger partial charge < -0.3 is 0 Å². The van der Waals surface area contributed by atoms with Crippen LogP contribution in [-0.2, 0) is 0 Å². The van der Waals surface area contributed by atoms with E-state index in [0.717, 1.165) is 12.8 Å². The van der Waals surface area contributed by atoms with Crippen LogP contribution >= 0.6 is 0 Å². The molecule has 0 radical (unpaired) electrons. The van der Waals surface area contributed by atoms with Crippen LogP contribution in [0.1, 0.15) is 33.1 Å². The molecule has 1 aliphatic carbocycles. The highest BCUT2D eigenvalue weighted by atomic mass is 16.6. The third-order valence-electron chi connectivity index (χ3n) is 2.36. The van der Waals surface area contributed by atoms with Crippen molar-refractivity contribution in [2.75, 3.05) is 0 Å². The molecule has 0 saturated heterocycles. The third kappa shape index (κ3) is 2.06. The maximum Gasteiger partial charge on any atom is 0.245 e. The SMILES string of the molecule is CC(C)C(=CC1CCC1)[N+](=O)[O-]. The first kappa shape index (κ1) is 9.23. The topological polar surface area (TPSA) is 43.1 Å². The molecule has 1 saturated carbocycles. The van der Waals surface area contributed by atoms with Crippen molar-refractivity contribution in [3.63, 3.8) is 0 Å². The fraction of sp³-hybridized carbons (Fsp3) is 0.778. The first-order valence-corrected chi connectivity index (χ1v) is 4.47. The summed E-state index contributed by atoms with van der Waals surface area (Å²) in [5, 5.41) is 10.6. The predicted molar refractivity (Wildman–Crippen MR) is 47.3 cm³/mol. The molecular weight excluding hydrogens is 154 g/mol. The summed E-state index contributed by atoms with van der Waals surface area (Å²) in [6.07, 6.45) is 5.33. The second-order valence-electron chi connectivity index (χ2n) is 3.69. The quantitative estimate of drug-likeness (QED) is 0.481. The average molecular weight is 169 g/mol. The summed E-state index contributed by atoms with van der Waals surface area (Å²) in [5.74, 6) is 0.522. The van der Waals surface area contributed by atoms with E-state index in [1.807, 2.05) is 19.9 Å². The Kier molecular flexibility index (Phi) is 2.84. The smallest absolute Gasteiger partial charge is 0.245 e. The lowest BCUT2D eigenvalue weighted by Gasteiger charge is -2.21. The number of rotatable bonds is 3. The normalized spacial score (nSPS) is 19.4. The van der Waals surface area contributed by atoms with Gasteiger partial charge in [0.1, 0.15) is 0 Å². The molecule has 1 rings (SSSR count). The van der Waals surface area contributed by atoms with Crippen molar-refractivity contribution in [1.29, 1.82) is 0 Å². The fourth-order valence-electron chi connectivity index (χ4n) is 1.31. The molecule has 0 aromatic rings. The van der Waals surface area contributed by atoms with Crippen molar-refractivity contribution < 1.29 is 4.92 Å². The summed E-state index contributed by atoms with van der Waals surface area (Å²) >= 11 is 0. The van der Waals surface area contributed by atoms with Gasteiger partial charge in [0.15, 0.2) is 0 Å². The zero-order valence-electron chi connectivity index (χ0n) is 7.62. The van der Waals surface area contributed by atoms with Crippen LogP contribution in [0.3, 0.4) is 0 Å². The number of allylic oxidation sites excluding steroid dienone is 2. The molecule has 0 aromatic heterocycles. The van der Waals surface area contributed by atoms with Crippen molar-refractivity contribution in [2.45, 2.75) is 33.1 Å². The predicted octanol–water partition coefficient (Wildman–Crippen LogP) is 2.60. The largest absolute Gasteiger partial charge is 0.259 e. The zero-order valence-corrected chi connectivity index (χ0v) is 7.62. The summed E-state index contributed by atoms with van der Waals surface area (Å²) in [6.45, 7) is 3.74. The standard InChI is InChI=1S/C9H15NO2/c1-7(2)9(10(11)12)6-8-4-3-5-8/h6-8H,3-5H2,1-2H3. The number of nitrogens with zero attached hydrogens (tertiary/aromatic N) is 1. The van der Waals surface area contributed by atoms with Gasteiger partial charge in [-0.3, -0.25) is 10.1 Å². The minimum atomic E-state index is -0.247. The van der Waals surface area contributed by atoms with Gasteiger partial charge in [0.25, 0.3) is 0 Å². The molecule has 0 aromatic carbocycles. The Balaban J connectivity index is 2.62. The Labute approximate surface area is 72.6 Å². The second kappa shape index (κ2) is 3.70. The number of hydrogen-bond donors (Lipinski definition) is 0. The van der Waals surface area contributed by atoms with Crippen LogP contribution in [0.4, 0.5) is 0 Å². The van der Waals surface area contributed by atoms with Gasteiger partial charge in [0.2, 0.25) is 5.70 Å². The highest BCUT2D eigenvalue weighted by molar-refractivity contribution is 5.00. The monoisotopic (exact) mass is 169 g/mol. The molecule has 12 heavy (non-hydrogen) atoms. The molecule has 0 amide bonds. The molecule has 0 aliphatic heterocycles. The van der Waals surface area contributed by atoms with Crippen LogP contribution in [-0.4, -0.2) is 4.92 Å². The maximum absolute atomic E-state index is 10.6. The molecule has 0 heterocycles. The van der Waals surface area contributed by atoms with Crippen LogP contribution < -0.4 is 0 Å². The lowest BCUT2D eigenvalue weighted by molar-refractivity contribution is -0.433. The van der Waals surface area contributed by atoms with Crippen LogP contribution in [0.15, 0.2) is 11.8 Å². The van der Waals surface area contributed by atoms with Crippen LogP contribution in [0, 0.1) is 22.0 Å². The van der Waals surface area contributed by atoms with Crippen molar-refractivity contribution in [2.24, 2.45) is 11.8 Å². The molecule has 1 fully saturated rings. The summed E-state index contributed by atoms with van der Waals surface area (Å²) in [6, 6.07) is 0. The van der Waals surface area contributed by atoms with E-state index >= 15 is 0 Å². The Bertz CT molecular complexity index is 205. The van der Waals surface area contributed by atoms with Crippen molar-refractivity contribution in [3.8, 4) is 0 Å². The lowest BCUT2D eigenvalue weighted by atomic mass is 9.84. The van der Waals surface area contributed by atoms with Crippen LogP contribution in [0.2, 0.25) is 0 Å². The van der Waals surface area contributed by atoms with E-state index in [1.165, 1.54) is 6.42 Å². The Morgan fingerprint density at radius 2 is 2.17 bits per heavy atom. The minimum absolute atomic E-state index is 0.0422. The first-order valence-electron chi connectivity index (χ1n) is 4.47. The molecule has 1 aliphatic rings. The molecule has 0 N–H and O–H groups in total. The van der Waals surface area contributed by atoms with E-state index in [-0.39, 0.29) is 10.8 Å². The average Bonchev–Trinajstić information content (AvgIpc) is 1.82. The summed E-state index contributed by atoms with van der Waals surface area (Å²) < 4.78 is 0. The summed E-state index contributed by atoms with van der Waals surface area (Å²) in [4.78, 5) is 10.3. The van der Waals surface area contributed by atoms with Crippen molar-refractivity contribution >= 4 is 0 Å². The van der Waals surface area contributed by atoms with Gasteiger partial charge in [-0.2, -0.15) is 0 Å². The lowest BCUT2D eigenvalue weighted by Crippen LogP contribution is -2.13. The highest BCUT2D eigenvalue weighted by Crippen LogP contribution is 2.29. The fourth-order valence-corrected chi connectivity index (χ4v) is 1.31. The highest BCUT2D eigenvalue weighted by Gasteiger charge is 2.22. The van der Waals surface area contributed by atoms with E-state index in [1.54, 1.807) is 0 Å². The maximum atomic E-state index is 10.6. The summed E-state index contributed by atoms with van der Waals surface area (Å²) in [7, 11) is 0.